The van der Waals surface area contributed by atoms with Crippen molar-refractivity contribution in [1.29, 1.82) is 0 Å². The molecule has 1 aromatic carbocycles. The summed E-state index contributed by atoms with van der Waals surface area (Å²) in [5.74, 6) is 0.222. The van der Waals surface area contributed by atoms with Crippen molar-refractivity contribution in [2.45, 2.75) is 13.8 Å². The number of likely N-dealkylation sites (N-methyl/N-ethyl adjacent to an activating group) is 2. The Morgan fingerprint density at radius 1 is 0.957 bits per heavy atom. The molecule has 2 saturated heterocycles. The molecule has 0 aliphatic carbocycles. The van der Waals surface area contributed by atoms with Crippen LogP contribution in [0.4, 0.5) is 5.69 Å². The van der Waals surface area contributed by atoms with E-state index in [2.05, 4.69) is 33.1 Å². The highest BCUT2D eigenvalue weighted by Crippen LogP contribution is 2.22. The molecule has 0 saturated carbocycles. The summed E-state index contributed by atoms with van der Waals surface area (Å²) in [5.41, 5.74) is 0.580. The first-order chi connectivity index (χ1) is 10.7. The van der Waals surface area contributed by atoms with Crippen LogP contribution in [0.2, 0.25) is 0 Å². The van der Waals surface area contributed by atoms with Gasteiger partial charge in [0.25, 0.3) is 10.8 Å². The largest absolute Gasteiger partial charge is 0.870 e. The van der Waals surface area contributed by atoms with Gasteiger partial charge in [-0.25, -0.2) is 4.58 Å². The van der Waals surface area contributed by atoms with Gasteiger partial charge in [0, 0.05) is 26.2 Å². The van der Waals surface area contributed by atoms with Gasteiger partial charge in [0.05, 0.1) is 13.1 Å². The lowest BCUT2D eigenvalue weighted by Crippen LogP contribution is -2.56. The van der Waals surface area contributed by atoms with Crippen molar-refractivity contribution < 1.29 is 10.6 Å². The molecular formula is C16H28N4O3. The summed E-state index contributed by atoms with van der Waals surface area (Å²) >= 11 is 0. The van der Waals surface area contributed by atoms with E-state index in [4.69, 9.17) is 0 Å². The first-order valence-electron chi connectivity index (χ1n) is 8.45. The van der Waals surface area contributed by atoms with Crippen LogP contribution in [0, 0.1) is 0 Å². The van der Waals surface area contributed by atoms with Gasteiger partial charge in [-0.15, -0.1) is 0 Å². The first-order valence-corrected chi connectivity index (χ1v) is 8.45. The third-order valence-electron chi connectivity index (χ3n) is 5.15. The molecule has 7 nitrogen and oxygen atoms in total. The van der Waals surface area contributed by atoms with Gasteiger partial charge < -0.3 is 20.4 Å². The monoisotopic (exact) mass is 324 g/mol. The normalized spacial score (nSPS) is 20.8. The van der Waals surface area contributed by atoms with Crippen molar-refractivity contribution in [3.05, 3.63) is 15.6 Å². The predicted octanol–water partition coefficient (Wildman–Crippen LogP) is -1.30. The molecule has 0 unspecified atom stereocenters. The summed E-state index contributed by atoms with van der Waals surface area (Å²) < 4.78 is 2.05. The van der Waals surface area contributed by atoms with E-state index >= 15 is 0 Å². The zero-order valence-electron chi connectivity index (χ0n) is 14.2. The summed E-state index contributed by atoms with van der Waals surface area (Å²) in [6.07, 6.45) is 0. The molecule has 0 atom stereocenters. The fourth-order valence-electron chi connectivity index (χ4n) is 3.54. The number of aromatic hydroxyl groups is 1. The molecule has 3 rings (SSSR count). The SMILES string of the molecule is CCN1CCN(c2c(O)c(=[N+]3CCN(CC)CC3)c2=O)CC1.[OH-]. The highest BCUT2D eigenvalue weighted by molar-refractivity contribution is 5.63. The minimum Gasteiger partial charge on any atom is -0.870 e. The van der Waals surface area contributed by atoms with Crippen molar-refractivity contribution in [2.24, 2.45) is 0 Å². The summed E-state index contributed by atoms with van der Waals surface area (Å²) in [5, 5.41) is 10.9. The Bertz CT molecular complexity index is 603. The quantitative estimate of drug-likeness (QED) is 0.696. The van der Waals surface area contributed by atoms with Gasteiger partial charge in [0.1, 0.15) is 5.69 Å². The molecule has 7 heteroatoms. The van der Waals surface area contributed by atoms with E-state index in [-0.39, 0.29) is 16.7 Å². The van der Waals surface area contributed by atoms with Gasteiger partial charge in [0.15, 0.2) is 13.1 Å². The Morgan fingerprint density at radius 3 is 1.96 bits per heavy atom. The van der Waals surface area contributed by atoms with E-state index in [9.17, 15) is 9.90 Å². The van der Waals surface area contributed by atoms with Crippen LogP contribution >= 0.6 is 0 Å². The lowest BCUT2D eigenvalue weighted by molar-refractivity contribution is 0.231. The molecule has 2 aliphatic rings. The molecule has 0 bridgehead atoms. The van der Waals surface area contributed by atoms with Crippen molar-refractivity contribution in [3.63, 3.8) is 0 Å². The van der Waals surface area contributed by atoms with Crippen molar-refractivity contribution in [3.8, 4) is 5.75 Å². The average molecular weight is 324 g/mol. The maximum absolute atomic E-state index is 12.5. The van der Waals surface area contributed by atoms with Gasteiger partial charge in [-0.3, -0.25) is 9.69 Å². The molecule has 130 valence electrons. The lowest BCUT2D eigenvalue weighted by Gasteiger charge is -2.35. The standard InChI is InChI=1S/C16H26N4O2.H2O/c1-3-17-5-9-19(10-6-17)13-15(21)14(16(13)22)20-11-7-18(4-2)8-12-20;/h3-12H2,1-2H3;1H2. The zero-order valence-corrected chi connectivity index (χ0v) is 14.2. The van der Waals surface area contributed by atoms with Gasteiger partial charge in [-0.2, -0.15) is 0 Å². The molecule has 0 spiro atoms. The number of nitrogens with zero attached hydrogens (tertiary/aromatic N) is 4. The van der Waals surface area contributed by atoms with Gasteiger partial charge in [0.2, 0.25) is 5.75 Å². The third kappa shape index (κ3) is 3.27. The fraction of sp³-hybridized carbons (Fsp3) is 0.750. The topological polar surface area (TPSA) is 80.0 Å². The van der Waals surface area contributed by atoms with Crippen LogP contribution in [-0.4, -0.2) is 85.8 Å². The van der Waals surface area contributed by atoms with E-state index in [1.54, 1.807) is 0 Å². The maximum atomic E-state index is 12.5. The van der Waals surface area contributed by atoms with Crippen LogP contribution in [0.15, 0.2) is 4.79 Å². The third-order valence-corrected chi connectivity index (χ3v) is 5.15. The van der Waals surface area contributed by atoms with Gasteiger partial charge in [-0.1, -0.05) is 13.8 Å². The smallest absolute Gasteiger partial charge is 0.294 e. The molecule has 1 aromatic rings. The number of hydrogen-bond acceptors (Lipinski definition) is 6. The highest BCUT2D eigenvalue weighted by Gasteiger charge is 2.32. The predicted molar refractivity (Wildman–Crippen MR) is 90.1 cm³/mol. The second-order valence-electron chi connectivity index (χ2n) is 6.22. The van der Waals surface area contributed by atoms with Crippen molar-refractivity contribution in [1.82, 2.24) is 14.4 Å². The lowest BCUT2D eigenvalue weighted by atomic mass is 10.1. The minimum absolute atomic E-state index is 0. The molecule has 2 fully saturated rings. The Kier molecular flexibility index (Phi) is 5.78. The van der Waals surface area contributed by atoms with Crippen LogP contribution in [0.5, 0.6) is 5.75 Å². The summed E-state index contributed by atoms with van der Waals surface area (Å²) in [7, 11) is 0. The Hall–Kier alpha value is -1.44. The van der Waals surface area contributed by atoms with Crippen LogP contribution < -0.4 is 20.3 Å². The zero-order chi connectivity index (χ0) is 15.7. The molecule has 0 radical (unpaired) electrons. The maximum Gasteiger partial charge on any atom is 0.294 e. The number of piperazine rings is 2. The van der Waals surface area contributed by atoms with E-state index in [1.165, 1.54) is 0 Å². The number of anilines is 1. The van der Waals surface area contributed by atoms with Crippen molar-refractivity contribution >= 4 is 5.69 Å². The highest BCUT2D eigenvalue weighted by atomic mass is 16.3. The molecular weight excluding hydrogens is 296 g/mol. The number of hydrogen-bond donors (Lipinski definition) is 1. The Balaban J connectivity index is 0.00000192. The average Bonchev–Trinajstić information content (AvgIpc) is 2.56. The molecule has 2 aliphatic heterocycles. The second-order valence-corrected chi connectivity index (χ2v) is 6.22. The summed E-state index contributed by atoms with van der Waals surface area (Å²) in [4.78, 5) is 19.3. The Morgan fingerprint density at radius 2 is 1.48 bits per heavy atom. The molecule has 23 heavy (non-hydrogen) atoms. The van der Waals surface area contributed by atoms with Crippen LogP contribution in [0.25, 0.3) is 0 Å². The summed E-state index contributed by atoms with van der Waals surface area (Å²) in [6, 6.07) is 0. The van der Waals surface area contributed by atoms with E-state index in [1.807, 2.05) is 0 Å². The van der Waals surface area contributed by atoms with E-state index < -0.39 is 0 Å². The molecule has 2 heterocycles. The fourth-order valence-corrected chi connectivity index (χ4v) is 3.54. The van der Waals surface area contributed by atoms with Crippen LogP contribution in [-0.2, 0) is 0 Å². The van der Waals surface area contributed by atoms with Gasteiger partial charge in [-0.05, 0) is 13.1 Å². The number of rotatable bonds is 3. The van der Waals surface area contributed by atoms with Gasteiger partial charge >= 0.3 is 0 Å². The van der Waals surface area contributed by atoms with Crippen LogP contribution in [0.3, 0.4) is 0 Å². The second kappa shape index (κ2) is 7.42. The van der Waals surface area contributed by atoms with Crippen LogP contribution in [0.1, 0.15) is 13.8 Å². The van der Waals surface area contributed by atoms with E-state index in [0.29, 0.717) is 11.0 Å². The Labute approximate surface area is 137 Å². The van der Waals surface area contributed by atoms with E-state index in [0.717, 1.165) is 65.4 Å². The first kappa shape index (κ1) is 17.9. The minimum atomic E-state index is 0. The molecule has 0 aromatic heterocycles. The summed E-state index contributed by atoms with van der Waals surface area (Å²) in [6.45, 7) is 13.6. The van der Waals surface area contributed by atoms with Crippen molar-refractivity contribution in [2.75, 3.05) is 70.3 Å². The molecule has 2 N–H and O–H groups in total. The molecule has 0 amide bonds.